The number of carboxylic acids is 1. The summed E-state index contributed by atoms with van der Waals surface area (Å²) in [5.41, 5.74) is 0.261. The highest BCUT2D eigenvalue weighted by atomic mass is 16.5. The Kier molecular flexibility index (Phi) is 4.77. The largest absolute Gasteiger partial charge is 0.550 e. The maximum absolute atomic E-state index is 12.2. The Labute approximate surface area is 137 Å². The van der Waals surface area contributed by atoms with Crippen LogP contribution in [-0.2, 0) is 14.4 Å². The normalized spacial score (nSPS) is 17.3. The van der Waals surface area contributed by atoms with Crippen molar-refractivity contribution in [3.8, 4) is 11.5 Å². The molecule has 2 rings (SSSR count). The van der Waals surface area contributed by atoms with Gasteiger partial charge in [0.1, 0.15) is 0 Å². The van der Waals surface area contributed by atoms with Crippen molar-refractivity contribution >= 4 is 17.7 Å². The molecule has 128 valence electrons. The van der Waals surface area contributed by atoms with Crippen molar-refractivity contribution < 1.29 is 34.4 Å². The third-order valence-corrected chi connectivity index (χ3v) is 3.76. The molecule has 2 N–H and O–H groups in total. The fourth-order valence-electron chi connectivity index (χ4n) is 2.67. The first kappa shape index (κ1) is 17.3. The molecule has 0 unspecified atom stereocenters. The SMILES string of the molecule is COc1cc([C@H]2C(C(C)=O)=C(O)C(=O)N2CCC(=O)[O-])ccc1O. The number of aromatic hydroxyl groups is 1. The average Bonchev–Trinajstić information content (AvgIpc) is 2.77. The molecule has 0 spiro atoms. The van der Waals surface area contributed by atoms with Gasteiger partial charge in [-0.3, -0.25) is 9.59 Å². The Morgan fingerprint density at radius 2 is 2.00 bits per heavy atom. The van der Waals surface area contributed by atoms with Gasteiger partial charge in [-0.1, -0.05) is 6.07 Å². The molecule has 0 aromatic heterocycles. The van der Waals surface area contributed by atoms with Crippen LogP contribution in [0.2, 0.25) is 0 Å². The lowest BCUT2D eigenvalue weighted by Gasteiger charge is -2.27. The Morgan fingerprint density at radius 1 is 1.33 bits per heavy atom. The van der Waals surface area contributed by atoms with Gasteiger partial charge < -0.3 is 29.8 Å². The van der Waals surface area contributed by atoms with Crippen LogP contribution in [0.5, 0.6) is 11.5 Å². The molecule has 24 heavy (non-hydrogen) atoms. The van der Waals surface area contributed by atoms with Crippen molar-refractivity contribution in [3.05, 3.63) is 35.1 Å². The first-order valence-electron chi connectivity index (χ1n) is 7.09. The van der Waals surface area contributed by atoms with Crippen molar-refractivity contribution in [2.45, 2.75) is 19.4 Å². The quantitative estimate of drug-likeness (QED) is 0.739. The number of carbonyl (C=O) groups is 3. The number of phenols is 1. The molecular formula is C16H16NO7-. The molecule has 0 fully saturated rings. The number of ether oxygens (including phenoxy) is 1. The third-order valence-electron chi connectivity index (χ3n) is 3.76. The number of phenolic OH excluding ortho intramolecular Hbond substituents is 1. The molecule has 1 aromatic rings. The molecule has 0 radical (unpaired) electrons. The van der Waals surface area contributed by atoms with E-state index in [0.717, 1.165) is 4.90 Å². The molecule has 1 aliphatic rings. The first-order chi connectivity index (χ1) is 11.3. The zero-order valence-corrected chi connectivity index (χ0v) is 13.1. The number of Topliss-reactive ketones (excluding diaryl/α,β-unsaturated/α-hetero) is 1. The number of carbonyl (C=O) groups excluding carboxylic acids is 3. The standard InChI is InChI=1S/C16H17NO7/c1-8(18)13-14(9-3-4-10(19)11(7-9)24-2)17(6-5-12(20)21)16(23)15(13)22/h3-4,7,14,19,22H,5-6H2,1-2H3,(H,20,21)/p-1/t14-/m0/s1. The summed E-state index contributed by atoms with van der Waals surface area (Å²) in [6.45, 7) is 0.960. The minimum absolute atomic E-state index is 0.120. The number of amides is 1. The van der Waals surface area contributed by atoms with Gasteiger partial charge in [-0.15, -0.1) is 0 Å². The lowest BCUT2D eigenvalue weighted by atomic mass is 9.96. The van der Waals surface area contributed by atoms with E-state index in [-0.39, 0.29) is 23.6 Å². The van der Waals surface area contributed by atoms with E-state index in [4.69, 9.17) is 4.74 Å². The van der Waals surface area contributed by atoms with Crippen LogP contribution < -0.4 is 9.84 Å². The van der Waals surface area contributed by atoms with E-state index < -0.39 is 35.9 Å². The number of nitrogens with zero attached hydrogens (tertiary/aromatic N) is 1. The summed E-state index contributed by atoms with van der Waals surface area (Å²) in [7, 11) is 1.34. The number of rotatable bonds is 6. The molecule has 8 nitrogen and oxygen atoms in total. The Morgan fingerprint density at radius 3 is 2.54 bits per heavy atom. The summed E-state index contributed by atoms with van der Waals surface area (Å²) < 4.78 is 5.01. The Balaban J connectivity index is 2.52. The van der Waals surface area contributed by atoms with Crippen molar-refractivity contribution in [1.29, 1.82) is 0 Å². The monoisotopic (exact) mass is 334 g/mol. The second kappa shape index (κ2) is 6.61. The summed E-state index contributed by atoms with van der Waals surface area (Å²) in [6.07, 6.45) is -0.448. The van der Waals surface area contributed by atoms with Crippen molar-refractivity contribution in [2.75, 3.05) is 13.7 Å². The van der Waals surface area contributed by atoms with Gasteiger partial charge in [0, 0.05) is 18.9 Å². The zero-order valence-electron chi connectivity index (χ0n) is 13.1. The summed E-state index contributed by atoms with van der Waals surface area (Å²) in [5, 5.41) is 30.4. The summed E-state index contributed by atoms with van der Waals surface area (Å²) in [4.78, 5) is 35.9. The maximum atomic E-state index is 12.2. The number of aliphatic carboxylic acids is 1. The molecule has 1 aliphatic heterocycles. The summed E-state index contributed by atoms with van der Waals surface area (Å²) in [6, 6.07) is 3.23. The number of aliphatic hydroxyl groups excluding tert-OH is 1. The topological polar surface area (TPSA) is 127 Å². The number of aliphatic hydroxyl groups is 1. The molecule has 0 saturated carbocycles. The number of methoxy groups -OCH3 is 1. The van der Waals surface area contributed by atoms with Crippen LogP contribution >= 0.6 is 0 Å². The smallest absolute Gasteiger partial charge is 0.290 e. The van der Waals surface area contributed by atoms with E-state index in [0.29, 0.717) is 5.56 Å². The average molecular weight is 334 g/mol. The van der Waals surface area contributed by atoms with Crippen LogP contribution in [0.3, 0.4) is 0 Å². The lowest BCUT2D eigenvalue weighted by Crippen LogP contribution is -2.35. The predicted molar refractivity (Wildman–Crippen MR) is 79.1 cm³/mol. The minimum Gasteiger partial charge on any atom is -0.550 e. The van der Waals surface area contributed by atoms with E-state index in [9.17, 15) is 29.7 Å². The van der Waals surface area contributed by atoms with Crippen LogP contribution in [0.4, 0.5) is 0 Å². The molecular weight excluding hydrogens is 318 g/mol. The molecule has 0 aliphatic carbocycles. The second-order valence-corrected chi connectivity index (χ2v) is 5.27. The van der Waals surface area contributed by atoms with E-state index in [1.807, 2.05) is 0 Å². The van der Waals surface area contributed by atoms with Gasteiger partial charge >= 0.3 is 0 Å². The molecule has 0 bridgehead atoms. The van der Waals surface area contributed by atoms with Gasteiger partial charge in [0.25, 0.3) is 5.91 Å². The van der Waals surface area contributed by atoms with Gasteiger partial charge in [0.05, 0.1) is 18.7 Å². The van der Waals surface area contributed by atoms with Crippen molar-refractivity contribution in [2.24, 2.45) is 0 Å². The zero-order chi connectivity index (χ0) is 18.0. The van der Waals surface area contributed by atoms with Crippen LogP contribution in [0.25, 0.3) is 0 Å². The van der Waals surface area contributed by atoms with Crippen LogP contribution in [-0.4, -0.2) is 46.4 Å². The molecule has 1 heterocycles. The molecule has 0 saturated heterocycles. The van der Waals surface area contributed by atoms with E-state index in [2.05, 4.69) is 0 Å². The molecule has 8 heteroatoms. The highest BCUT2D eigenvalue weighted by Crippen LogP contribution is 2.40. The third kappa shape index (κ3) is 3.03. The van der Waals surface area contributed by atoms with Gasteiger partial charge in [-0.2, -0.15) is 0 Å². The number of carboxylic acid groups (broad SMARTS) is 1. The van der Waals surface area contributed by atoms with Gasteiger partial charge in [0.2, 0.25) is 0 Å². The molecule has 1 atom stereocenters. The van der Waals surface area contributed by atoms with Gasteiger partial charge in [0.15, 0.2) is 23.0 Å². The van der Waals surface area contributed by atoms with E-state index >= 15 is 0 Å². The van der Waals surface area contributed by atoms with Gasteiger partial charge in [-0.25, -0.2) is 0 Å². The number of ketones is 1. The number of hydrogen-bond acceptors (Lipinski definition) is 7. The predicted octanol–water partition coefficient (Wildman–Crippen LogP) is -0.175. The number of hydrogen-bond donors (Lipinski definition) is 2. The highest BCUT2D eigenvalue weighted by Gasteiger charge is 2.42. The molecule has 1 amide bonds. The first-order valence-corrected chi connectivity index (χ1v) is 7.09. The lowest BCUT2D eigenvalue weighted by molar-refractivity contribution is -0.305. The van der Waals surface area contributed by atoms with Crippen molar-refractivity contribution in [1.82, 2.24) is 4.90 Å². The van der Waals surface area contributed by atoms with Crippen LogP contribution in [0, 0.1) is 0 Å². The Bertz CT molecular complexity index is 738. The summed E-state index contributed by atoms with van der Waals surface area (Å²) in [5.74, 6) is -3.44. The van der Waals surface area contributed by atoms with Crippen LogP contribution in [0.1, 0.15) is 24.9 Å². The van der Waals surface area contributed by atoms with Crippen molar-refractivity contribution in [3.63, 3.8) is 0 Å². The maximum Gasteiger partial charge on any atom is 0.290 e. The van der Waals surface area contributed by atoms with E-state index in [1.165, 1.54) is 32.2 Å². The Hall–Kier alpha value is -3.03. The number of benzene rings is 1. The molecule has 1 aromatic carbocycles. The van der Waals surface area contributed by atoms with Gasteiger partial charge in [-0.05, 0) is 24.6 Å². The second-order valence-electron chi connectivity index (χ2n) is 5.27. The van der Waals surface area contributed by atoms with E-state index in [1.54, 1.807) is 0 Å². The fraction of sp³-hybridized carbons (Fsp3) is 0.312. The minimum atomic E-state index is -1.36. The highest BCUT2D eigenvalue weighted by molar-refractivity contribution is 6.08. The van der Waals surface area contributed by atoms with Crippen LogP contribution in [0.15, 0.2) is 29.5 Å². The fourth-order valence-corrected chi connectivity index (χ4v) is 2.67. The summed E-state index contributed by atoms with van der Waals surface area (Å²) >= 11 is 0.